The maximum atomic E-state index is 12.8. The van der Waals surface area contributed by atoms with Crippen molar-refractivity contribution in [1.82, 2.24) is 9.78 Å². The van der Waals surface area contributed by atoms with Crippen LogP contribution in [0.25, 0.3) is 28.1 Å². The molecule has 1 aromatic heterocycles. The molecule has 8 heteroatoms. The fourth-order valence-electron chi connectivity index (χ4n) is 4.77. The van der Waals surface area contributed by atoms with Crippen molar-refractivity contribution in [3.8, 4) is 34.0 Å². The minimum atomic E-state index is -0.456. The van der Waals surface area contributed by atoms with E-state index in [2.05, 4.69) is 11.4 Å². The lowest BCUT2D eigenvalue weighted by molar-refractivity contribution is -0.132. The molecule has 0 aliphatic heterocycles. The van der Waals surface area contributed by atoms with Crippen LogP contribution in [0.4, 0.5) is 11.4 Å². The molecule has 0 spiro atoms. The monoisotopic (exact) mass is 578 g/mol. The van der Waals surface area contributed by atoms with Gasteiger partial charge in [-0.1, -0.05) is 59.6 Å². The Morgan fingerprint density at radius 1 is 0.881 bits per heavy atom. The van der Waals surface area contributed by atoms with Crippen molar-refractivity contribution < 1.29 is 14.3 Å². The number of carbonyl (C=O) groups excluding carboxylic acids is 2. The smallest absolute Gasteiger partial charge is 0.309 e. The van der Waals surface area contributed by atoms with Gasteiger partial charge in [0, 0.05) is 48.5 Å². The van der Waals surface area contributed by atoms with Gasteiger partial charge in [0.05, 0.1) is 11.3 Å². The third-order valence-corrected chi connectivity index (χ3v) is 7.07. The topological polar surface area (TPSA) is 76.5 Å². The van der Waals surface area contributed by atoms with Crippen molar-refractivity contribution in [2.24, 2.45) is 0 Å². The summed E-state index contributed by atoms with van der Waals surface area (Å²) in [5, 5.41) is 8.41. The van der Waals surface area contributed by atoms with Gasteiger partial charge in [0.25, 0.3) is 5.91 Å². The molecule has 7 nitrogen and oxygen atoms in total. The molecule has 0 bridgehead atoms. The van der Waals surface area contributed by atoms with Gasteiger partial charge in [-0.15, -0.1) is 0 Å². The Morgan fingerprint density at radius 3 is 2.19 bits per heavy atom. The average molecular weight is 579 g/mol. The molecule has 0 aliphatic carbocycles. The number of esters is 1. The molecule has 0 radical (unpaired) electrons. The predicted molar refractivity (Wildman–Crippen MR) is 169 cm³/mol. The maximum absolute atomic E-state index is 12.8. The Balaban J connectivity index is 1.63. The van der Waals surface area contributed by atoms with Gasteiger partial charge >= 0.3 is 5.97 Å². The average Bonchev–Trinajstić information content (AvgIpc) is 3.31. The molecule has 5 aromatic rings. The van der Waals surface area contributed by atoms with E-state index in [0.29, 0.717) is 33.4 Å². The lowest BCUT2D eigenvalue weighted by Gasteiger charge is -2.13. The van der Waals surface area contributed by atoms with Crippen LogP contribution in [0, 0.1) is 13.8 Å². The Kier molecular flexibility index (Phi) is 8.13. The van der Waals surface area contributed by atoms with Gasteiger partial charge in [-0.3, -0.25) is 9.59 Å². The number of nitrogens with one attached hydrogen (secondary N) is 1. The largest absolute Gasteiger partial charge is 0.407 e. The minimum Gasteiger partial charge on any atom is -0.407 e. The summed E-state index contributed by atoms with van der Waals surface area (Å²) in [4.78, 5) is 27.2. The van der Waals surface area contributed by atoms with Crippen LogP contribution in [0.1, 0.15) is 28.4 Å². The van der Waals surface area contributed by atoms with Crippen molar-refractivity contribution in [3.05, 3.63) is 113 Å². The van der Waals surface area contributed by atoms with E-state index in [9.17, 15) is 9.59 Å². The van der Waals surface area contributed by atoms with Crippen LogP contribution in [0.2, 0.25) is 5.02 Å². The van der Waals surface area contributed by atoms with Crippen LogP contribution < -0.4 is 15.0 Å². The quantitative estimate of drug-likeness (QED) is 0.200. The number of rotatable bonds is 7. The molecule has 5 rings (SSSR count). The summed E-state index contributed by atoms with van der Waals surface area (Å²) < 4.78 is 7.56. The second-order valence-corrected chi connectivity index (χ2v) is 10.7. The lowest BCUT2D eigenvalue weighted by atomic mass is 10.0. The normalized spacial score (nSPS) is 10.8. The first-order chi connectivity index (χ1) is 20.1. The fraction of sp³-hybridized carbons (Fsp3) is 0.147. The summed E-state index contributed by atoms with van der Waals surface area (Å²) >= 11 is 6.06. The number of ether oxygens (including phenoxy) is 1. The number of hydrogen-bond acceptors (Lipinski definition) is 5. The number of carbonyl (C=O) groups is 2. The Labute approximate surface area is 250 Å². The van der Waals surface area contributed by atoms with E-state index in [0.717, 1.165) is 33.6 Å². The molecular formula is C34H31ClN4O3. The zero-order valence-electron chi connectivity index (χ0n) is 24.1. The lowest BCUT2D eigenvalue weighted by Crippen LogP contribution is -2.11. The van der Waals surface area contributed by atoms with Crippen LogP contribution in [0.15, 0.2) is 91.0 Å². The highest BCUT2D eigenvalue weighted by Gasteiger charge is 2.25. The molecule has 1 amide bonds. The van der Waals surface area contributed by atoms with Crippen molar-refractivity contribution in [2.75, 3.05) is 24.3 Å². The molecule has 0 unspecified atom stereocenters. The summed E-state index contributed by atoms with van der Waals surface area (Å²) in [6.45, 7) is 5.41. The highest BCUT2D eigenvalue weighted by molar-refractivity contribution is 6.31. The second-order valence-electron chi connectivity index (χ2n) is 10.3. The molecule has 42 heavy (non-hydrogen) atoms. The molecule has 0 saturated carbocycles. The van der Waals surface area contributed by atoms with Crippen LogP contribution in [0.5, 0.6) is 5.88 Å². The first-order valence-corrected chi connectivity index (χ1v) is 13.8. The first kappa shape index (κ1) is 28.6. The summed E-state index contributed by atoms with van der Waals surface area (Å²) in [5.74, 6) is -0.408. The van der Waals surface area contributed by atoms with Gasteiger partial charge in [-0.05, 0) is 73.5 Å². The van der Waals surface area contributed by atoms with Gasteiger partial charge in [-0.2, -0.15) is 9.78 Å². The third kappa shape index (κ3) is 6.06. The van der Waals surface area contributed by atoms with Crippen molar-refractivity contribution in [1.29, 1.82) is 0 Å². The zero-order chi connectivity index (χ0) is 30.0. The SMILES string of the molecule is CC(=O)Oc1c(-c2ccc(NC(=O)c3cccc(Cl)c3)cc2)c(-c2ccc(N(C)C)cc2)nn1-c1ccc(C)cc1C. The van der Waals surface area contributed by atoms with Gasteiger partial charge in [0.15, 0.2) is 0 Å². The van der Waals surface area contributed by atoms with Crippen molar-refractivity contribution >= 4 is 34.9 Å². The van der Waals surface area contributed by atoms with E-state index in [4.69, 9.17) is 21.4 Å². The van der Waals surface area contributed by atoms with Gasteiger partial charge < -0.3 is 15.0 Å². The van der Waals surface area contributed by atoms with Crippen LogP contribution in [0.3, 0.4) is 0 Å². The van der Waals surface area contributed by atoms with Gasteiger partial charge in [0.1, 0.15) is 5.69 Å². The van der Waals surface area contributed by atoms with Crippen LogP contribution >= 0.6 is 11.6 Å². The number of amides is 1. The predicted octanol–water partition coefficient (Wildman–Crippen LogP) is 7.72. The number of benzene rings is 4. The molecule has 1 N–H and O–H groups in total. The Bertz CT molecular complexity index is 1770. The van der Waals surface area contributed by atoms with E-state index in [-0.39, 0.29) is 5.91 Å². The standard InChI is InChI=1S/C34H31ClN4O3/c1-21-9-18-30(22(2)19-21)39-34(42-23(3)40)31(32(37-39)25-12-16-29(17-13-25)38(4)5)24-10-14-28(15-11-24)36-33(41)26-7-6-8-27(35)20-26/h6-20H,1-5H3,(H,36,41). The van der Waals surface area contributed by atoms with Crippen LogP contribution in [-0.4, -0.2) is 35.8 Å². The zero-order valence-corrected chi connectivity index (χ0v) is 24.9. The highest BCUT2D eigenvalue weighted by Crippen LogP contribution is 2.42. The maximum Gasteiger partial charge on any atom is 0.309 e. The number of halogens is 1. The van der Waals surface area contributed by atoms with Gasteiger partial charge in [0.2, 0.25) is 5.88 Å². The third-order valence-electron chi connectivity index (χ3n) is 6.84. The number of hydrogen-bond donors (Lipinski definition) is 1. The van der Waals surface area contributed by atoms with E-state index < -0.39 is 5.97 Å². The number of anilines is 2. The summed E-state index contributed by atoms with van der Waals surface area (Å²) in [7, 11) is 3.97. The summed E-state index contributed by atoms with van der Waals surface area (Å²) in [6, 6.07) is 28.2. The molecule has 0 atom stereocenters. The Hall–Kier alpha value is -4.88. The van der Waals surface area contributed by atoms with Crippen molar-refractivity contribution in [2.45, 2.75) is 20.8 Å². The molecule has 1 heterocycles. The van der Waals surface area contributed by atoms with Crippen molar-refractivity contribution in [3.63, 3.8) is 0 Å². The number of aromatic nitrogens is 2. The molecule has 0 aliphatic rings. The molecule has 4 aromatic carbocycles. The minimum absolute atomic E-state index is 0.268. The number of nitrogens with zero attached hydrogens (tertiary/aromatic N) is 3. The molecule has 0 fully saturated rings. The number of aryl methyl sites for hydroxylation is 2. The second kappa shape index (κ2) is 11.9. The van der Waals surface area contributed by atoms with E-state index >= 15 is 0 Å². The van der Waals surface area contributed by atoms with Crippen LogP contribution in [-0.2, 0) is 4.79 Å². The Morgan fingerprint density at radius 2 is 1.57 bits per heavy atom. The molecule has 212 valence electrons. The summed E-state index contributed by atoms with van der Waals surface area (Å²) in [6.07, 6.45) is 0. The van der Waals surface area contributed by atoms with E-state index in [1.807, 2.05) is 93.5 Å². The molecule has 0 saturated heterocycles. The summed E-state index contributed by atoms with van der Waals surface area (Å²) in [5.41, 5.74) is 7.99. The van der Waals surface area contributed by atoms with E-state index in [1.165, 1.54) is 6.92 Å². The fourth-order valence-corrected chi connectivity index (χ4v) is 4.96. The first-order valence-electron chi connectivity index (χ1n) is 13.4. The highest BCUT2D eigenvalue weighted by atomic mass is 35.5. The van der Waals surface area contributed by atoms with Gasteiger partial charge in [-0.25, -0.2) is 0 Å². The molecular weight excluding hydrogens is 548 g/mol. The van der Waals surface area contributed by atoms with E-state index in [1.54, 1.807) is 28.9 Å².